The maximum atomic E-state index is 2.43. The van der Waals surface area contributed by atoms with Gasteiger partial charge in [0.05, 0.1) is 0 Å². The van der Waals surface area contributed by atoms with Gasteiger partial charge >= 0.3 is 0 Å². The summed E-state index contributed by atoms with van der Waals surface area (Å²) in [6, 6.07) is 19.8. The number of hydrogen-bond acceptors (Lipinski definition) is 1. The van der Waals surface area contributed by atoms with E-state index in [-0.39, 0.29) is 0 Å². The normalized spacial score (nSPS) is 21.9. The molecule has 25 heavy (non-hydrogen) atoms. The van der Waals surface area contributed by atoms with Crippen molar-refractivity contribution in [3.63, 3.8) is 0 Å². The summed E-state index contributed by atoms with van der Waals surface area (Å²) in [5.41, 5.74) is 7.29. The average Bonchev–Trinajstić information content (AvgIpc) is 3.09. The van der Waals surface area contributed by atoms with Crippen LogP contribution < -0.4 is 0 Å². The van der Waals surface area contributed by atoms with Gasteiger partial charge in [-0.1, -0.05) is 84.5 Å². The van der Waals surface area contributed by atoms with Gasteiger partial charge in [-0.25, -0.2) is 0 Å². The van der Waals surface area contributed by atoms with E-state index >= 15 is 0 Å². The van der Waals surface area contributed by atoms with Gasteiger partial charge < -0.3 is 4.90 Å². The summed E-state index contributed by atoms with van der Waals surface area (Å²) in [6.07, 6.45) is 10.4. The lowest BCUT2D eigenvalue weighted by molar-refractivity contribution is 0.435. The summed E-state index contributed by atoms with van der Waals surface area (Å²) < 4.78 is 0. The van der Waals surface area contributed by atoms with Crippen LogP contribution in [0.2, 0.25) is 0 Å². The standard InChI is InChI=1S/C24H25N/c1-25(2)17-20-12-8-14-22(20)21-15-19-11-6-7-13-23(19)24(16-21)18-9-4-3-5-10-18/h3-15,22,24H,16-17H2,1-2H3. The highest BCUT2D eigenvalue weighted by molar-refractivity contribution is 5.65. The molecular weight excluding hydrogens is 302 g/mol. The van der Waals surface area contributed by atoms with Crippen LogP contribution in [0.4, 0.5) is 0 Å². The smallest absolute Gasteiger partial charge is 0.0209 e. The third kappa shape index (κ3) is 3.25. The quantitative estimate of drug-likeness (QED) is 0.738. The Morgan fingerprint density at radius 2 is 1.72 bits per heavy atom. The molecule has 0 aliphatic heterocycles. The second-order valence-corrected chi connectivity index (χ2v) is 7.36. The molecule has 2 aromatic rings. The average molecular weight is 327 g/mol. The van der Waals surface area contributed by atoms with Gasteiger partial charge in [0.25, 0.3) is 0 Å². The van der Waals surface area contributed by atoms with Crippen molar-refractivity contribution < 1.29 is 0 Å². The van der Waals surface area contributed by atoms with Gasteiger partial charge in [0.1, 0.15) is 0 Å². The van der Waals surface area contributed by atoms with Crippen LogP contribution in [0.15, 0.2) is 84.0 Å². The predicted octanol–water partition coefficient (Wildman–Crippen LogP) is 5.28. The van der Waals surface area contributed by atoms with Gasteiger partial charge in [0.15, 0.2) is 0 Å². The SMILES string of the molecule is CN(C)CC1=CC=CC1C1=Cc2ccccc2C(c2ccccc2)C1. The molecule has 1 nitrogen and oxygen atoms in total. The Labute approximate surface area is 151 Å². The lowest BCUT2D eigenvalue weighted by Gasteiger charge is -2.30. The number of rotatable bonds is 4. The van der Waals surface area contributed by atoms with Crippen molar-refractivity contribution in [3.8, 4) is 0 Å². The van der Waals surface area contributed by atoms with Crippen molar-refractivity contribution >= 4 is 6.08 Å². The lowest BCUT2D eigenvalue weighted by atomic mass is 9.75. The molecule has 2 atom stereocenters. The molecule has 0 N–H and O–H groups in total. The molecule has 0 saturated carbocycles. The monoisotopic (exact) mass is 327 g/mol. The molecular formula is C24H25N. The van der Waals surface area contributed by atoms with Crippen molar-refractivity contribution in [3.05, 3.63) is 101 Å². The Morgan fingerprint density at radius 1 is 0.960 bits per heavy atom. The Balaban J connectivity index is 1.72. The number of fused-ring (bicyclic) bond motifs is 1. The molecule has 2 aromatic carbocycles. The van der Waals surface area contributed by atoms with Crippen LogP contribution in [0.5, 0.6) is 0 Å². The van der Waals surface area contributed by atoms with Gasteiger partial charge in [-0.05, 0) is 42.8 Å². The molecule has 0 radical (unpaired) electrons. The minimum Gasteiger partial charge on any atom is -0.305 e. The van der Waals surface area contributed by atoms with E-state index < -0.39 is 0 Å². The van der Waals surface area contributed by atoms with Gasteiger partial charge in [-0.15, -0.1) is 0 Å². The first-order valence-electron chi connectivity index (χ1n) is 9.08. The molecule has 0 aromatic heterocycles. The molecule has 0 fully saturated rings. The van der Waals surface area contributed by atoms with Crippen LogP contribution in [0, 0.1) is 5.92 Å². The number of benzene rings is 2. The minimum absolute atomic E-state index is 0.446. The van der Waals surface area contributed by atoms with Crippen LogP contribution in [0.25, 0.3) is 6.08 Å². The first kappa shape index (κ1) is 16.1. The van der Waals surface area contributed by atoms with Crippen molar-refractivity contribution in [2.24, 2.45) is 5.92 Å². The molecule has 0 amide bonds. The zero-order valence-corrected chi connectivity index (χ0v) is 15.0. The molecule has 1 heteroatoms. The van der Waals surface area contributed by atoms with Crippen LogP contribution in [0.3, 0.4) is 0 Å². The van der Waals surface area contributed by atoms with Crippen LogP contribution in [0.1, 0.15) is 29.0 Å². The largest absolute Gasteiger partial charge is 0.305 e. The molecule has 0 heterocycles. The molecule has 0 spiro atoms. The van der Waals surface area contributed by atoms with Crippen LogP contribution >= 0.6 is 0 Å². The maximum Gasteiger partial charge on any atom is 0.0209 e. The third-order valence-corrected chi connectivity index (χ3v) is 5.27. The van der Waals surface area contributed by atoms with Crippen molar-refractivity contribution in [2.45, 2.75) is 12.3 Å². The fraction of sp³-hybridized carbons (Fsp3) is 0.250. The fourth-order valence-corrected chi connectivity index (χ4v) is 4.16. The molecule has 4 rings (SSSR count). The molecule has 2 unspecified atom stereocenters. The Morgan fingerprint density at radius 3 is 2.52 bits per heavy atom. The van der Waals surface area contributed by atoms with E-state index in [2.05, 4.69) is 97.9 Å². The lowest BCUT2D eigenvalue weighted by Crippen LogP contribution is -2.20. The predicted molar refractivity (Wildman–Crippen MR) is 107 cm³/mol. The van der Waals surface area contributed by atoms with E-state index in [1.165, 1.54) is 27.8 Å². The van der Waals surface area contributed by atoms with Crippen molar-refractivity contribution in [2.75, 3.05) is 20.6 Å². The summed E-state index contributed by atoms with van der Waals surface area (Å²) in [4.78, 5) is 2.26. The third-order valence-electron chi connectivity index (χ3n) is 5.27. The zero-order valence-electron chi connectivity index (χ0n) is 15.0. The Bertz CT molecular complexity index is 839. The zero-order chi connectivity index (χ0) is 17.2. The van der Waals surface area contributed by atoms with E-state index in [9.17, 15) is 0 Å². The Kier molecular flexibility index (Phi) is 4.42. The van der Waals surface area contributed by atoms with Gasteiger partial charge in [-0.2, -0.15) is 0 Å². The van der Waals surface area contributed by atoms with Gasteiger partial charge in [0, 0.05) is 18.4 Å². The van der Waals surface area contributed by atoms with E-state index in [4.69, 9.17) is 0 Å². The summed E-state index contributed by atoms with van der Waals surface area (Å²) in [5.74, 6) is 0.897. The molecule has 0 saturated heterocycles. The molecule has 0 bridgehead atoms. The summed E-state index contributed by atoms with van der Waals surface area (Å²) in [5, 5.41) is 0. The number of nitrogens with zero attached hydrogens (tertiary/aromatic N) is 1. The van der Waals surface area contributed by atoms with Crippen LogP contribution in [-0.2, 0) is 0 Å². The van der Waals surface area contributed by atoms with E-state index in [1.807, 2.05) is 0 Å². The van der Waals surface area contributed by atoms with E-state index in [0.717, 1.165) is 13.0 Å². The van der Waals surface area contributed by atoms with Crippen molar-refractivity contribution in [1.82, 2.24) is 4.90 Å². The highest BCUT2D eigenvalue weighted by atomic mass is 15.0. The second kappa shape index (κ2) is 6.85. The first-order valence-corrected chi connectivity index (χ1v) is 9.08. The highest BCUT2D eigenvalue weighted by Gasteiger charge is 2.28. The van der Waals surface area contributed by atoms with Crippen molar-refractivity contribution in [1.29, 1.82) is 0 Å². The molecule has 126 valence electrons. The highest BCUT2D eigenvalue weighted by Crippen LogP contribution is 2.43. The fourth-order valence-electron chi connectivity index (χ4n) is 4.16. The van der Waals surface area contributed by atoms with Crippen LogP contribution in [-0.4, -0.2) is 25.5 Å². The van der Waals surface area contributed by atoms with Gasteiger partial charge in [-0.3, -0.25) is 0 Å². The summed E-state index contributed by atoms with van der Waals surface area (Å²) >= 11 is 0. The number of hydrogen-bond donors (Lipinski definition) is 0. The van der Waals surface area contributed by atoms with E-state index in [1.54, 1.807) is 0 Å². The molecule has 2 aliphatic rings. The summed E-state index contributed by atoms with van der Waals surface area (Å²) in [6.45, 7) is 1.02. The topological polar surface area (TPSA) is 3.24 Å². The number of likely N-dealkylation sites (N-methyl/N-ethyl adjacent to an activating group) is 1. The Hall–Kier alpha value is -2.38. The second-order valence-electron chi connectivity index (χ2n) is 7.36. The van der Waals surface area contributed by atoms with E-state index in [0.29, 0.717) is 11.8 Å². The maximum absolute atomic E-state index is 2.43. The summed E-state index contributed by atoms with van der Waals surface area (Å²) in [7, 11) is 4.29. The van der Waals surface area contributed by atoms with Gasteiger partial charge in [0.2, 0.25) is 0 Å². The first-order chi connectivity index (χ1) is 12.2. The minimum atomic E-state index is 0.446. The number of allylic oxidation sites excluding steroid dienone is 4. The molecule has 2 aliphatic carbocycles.